The summed E-state index contributed by atoms with van der Waals surface area (Å²) in [6.45, 7) is 3.06. The van der Waals surface area contributed by atoms with Crippen molar-refractivity contribution in [2.75, 3.05) is 13.6 Å². The lowest BCUT2D eigenvalue weighted by atomic mass is 10.0. The van der Waals surface area contributed by atoms with E-state index in [1.165, 1.54) is 4.90 Å². The maximum Gasteiger partial charge on any atom is 0.267 e. The van der Waals surface area contributed by atoms with Crippen molar-refractivity contribution in [2.24, 2.45) is 5.73 Å². The maximum absolute atomic E-state index is 12.1. The summed E-state index contributed by atoms with van der Waals surface area (Å²) in [5.74, 6) is 4.60. The Balaban J connectivity index is 1.79. The van der Waals surface area contributed by atoms with Gasteiger partial charge in [0.2, 0.25) is 5.60 Å². The van der Waals surface area contributed by atoms with E-state index in [1.54, 1.807) is 42.2 Å². The molecule has 30 heavy (non-hydrogen) atoms. The molecule has 3 N–H and O–H groups in total. The zero-order valence-corrected chi connectivity index (χ0v) is 16.7. The summed E-state index contributed by atoms with van der Waals surface area (Å²) < 4.78 is 1.77. The van der Waals surface area contributed by atoms with Crippen LogP contribution >= 0.6 is 0 Å². The summed E-state index contributed by atoms with van der Waals surface area (Å²) in [6, 6.07) is 8.88. The molecule has 0 aliphatic carbocycles. The van der Waals surface area contributed by atoms with Crippen LogP contribution < -0.4 is 5.73 Å². The van der Waals surface area contributed by atoms with Crippen LogP contribution in [0.2, 0.25) is 0 Å². The number of hydrogen-bond donors (Lipinski definition) is 2. The van der Waals surface area contributed by atoms with Crippen LogP contribution in [-0.2, 0) is 11.3 Å². The minimum Gasteiger partial charge on any atom is -0.369 e. The molecule has 4 rings (SSSR count). The molecule has 1 aliphatic rings. The Morgan fingerprint density at radius 1 is 1.37 bits per heavy atom. The van der Waals surface area contributed by atoms with Crippen LogP contribution in [0.15, 0.2) is 36.5 Å². The number of nitrogens with zero attached hydrogens (tertiary/aromatic N) is 4. The van der Waals surface area contributed by atoms with Gasteiger partial charge in [0, 0.05) is 43.1 Å². The van der Waals surface area contributed by atoms with Gasteiger partial charge < -0.3 is 15.7 Å². The third kappa shape index (κ3) is 3.29. The Morgan fingerprint density at radius 2 is 2.17 bits per heavy atom. The summed E-state index contributed by atoms with van der Waals surface area (Å²) >= 11 is 0. The minimum absolute atomic E-state index is 0.151. The van der Waals surface area contributed by atoms with E-state index in [0.29, 0.717) is 24.3 Å². The molecular formula is C22H21N5O3. The van der Waals surface area contributed by atoms with Crippen molar-refractivity contribution in [1.82, 2.24) is 19.7 Å². The number of fused-ring (bicyclic) bond motifs is 1. The maximum atomic E-state index is 12.1. The average Bonchev–Trinajstić information content (AvgIpc) is 3.28. The minimum atomic E-state index is -1.66. The highest BCUT2D eigenvalue weighted by molar-refractivity contribution is 5.99. The van der Waals surface area contributed by atoms with Crippen LogP contribution in [0.4, 0.5) is 0 Å². The summed E-state index contributed by atoms with van der Waals surface area (Å²) in [5.41, 5.74) is 6.65. The number of rotatable bonds is 3. The number of aryl methyl sites for hydroxylation is 1. The van der Waals surface area contributed by atoms with Gasteiger partial charge in [-0.2, -0.15) is 5.10 Å². The van der Waals surface area contributed by atoms with E-state index in [1.807, 2.05) is 13.0 Å². The third-order valence-electron chi connectivity index (χ3n) is 5.25. The number of pyridine rings is 1. The molecule has 8 nitrogen and oxygen atoms in total. The first-order valence-electron chi connectivity index (χ1n) is 9.60. The van der Waals surface area contributed by atoms with Gasteiger partial charge in [0.15, 0.2) is 0 Å². The quantitative estimate of drug-likeness (QED) is 0.637. The first-order valence-corrected chi connectivity index (χ1v) is 9.60. The van der Waals surface area contributed by atoms with Crippen LogP contribution in [-0.4, -0.2) is 55.8 Å². The predicted molar refractivity (Wildman–Crippen MR) is 111 cm³/mol. The van der Waals surface area contributed by atoms with Gasteiger partial charge >= 0.3 is 0 Å². The molecule has 1 atom stereocenters. The standard InChI is InChI=1S/C22H21N5O3/c1-3-27-18-12-17(20(23)28)25-19(16(18)13-24-27)15-6-4-5-14(11-15)7-8-22(30)9-10-26(2)21(22)29/h4-6,11-13,30H,3,9-10H2,1-2H3,(H2,23,28). The molecule has 1 saturated heterocycles. The Labute approximate surface area is 173 Å². The van der Waals surface area contributed by atoms with Crippen molar-refractivity contribution >= 4 is 22.7 Å². The van der Waals surface area contributed by atoms with Gasteiger partial charge in [-0.05, 0) is 25.1 Å². The monoisotopic (exact) mass is 403 g/mol. The second kappa shape index (κ2) is 7.28. The second-order valence-electron chi connectivity index (χ2n) is 7.28. The number of hydrogen-bond acceptors (Lipinski definition) is 5. The summed E-state index contributed by atoms with van der Waals surface area (Å²) in [4.78, 5) is 29.8. The number of carbonyl (C=O) groups is 2. The predicted octanol–water partition coefficient (Wildman–Crippen LogP) is 1.16. The first kappa shape index (κ1) is 19.6. The summed E-state index contributed by atoms with van der Waals surface area (Å²) in [7, 11) is 1.64. The first-order chi connectivity index (χ1) is 14.3. The fraction of sp³-hybridized carbons (Fsp3) is 0.273. The van der Waals surface area contributed by atoms with Gasteiger partial charge in [-0.15, -0.1) is 0 Å². The molecule has 1 aromatic carbocycles. The molecule has 1 fully saturated rings. The molecule has 2 aromatic heterocycles. The molecule has 3 heterocycles. The van der Waals surface area contributed by atoms with Crippen LogP contribution in [0, 0.1) is 11.8 Å². The smallest absolute Gasteiger partial charge is 0.267 e. The molecule has 3 aromatic rings. The van der Waals surface area contributed by atoms with Crippen LogP contribution in [0.5, 0.6) is 0 Å². The van der Waals surface area contributed by atoms with Crippen molar-refractivity contribution in [3.63, 3.8) is 0 Å². The van der Waals surface area contributed by atoms with Crippen molar-refractivity contribution in [2.45, 2.75) is 25.5 Å². The van der Waals surface area contributed by atoms with Gasteiger partial charge in [-0.3, -0.25) is 14.3 Å². The molecule has 0 radical (unpaired) electrons. The van der Waals surface area contributed by atoms with Gasteiger partial charge in [0.1, 0.15) is 5.69 Å². The van der Waals surface area contributed by atoms with Gasteiger partial charge in [0.25, 0.3) is 11.8 Å². The van der Waals surface area contributed by atoms with E-state index < -0.39 is 17.4 Å². The largest absolute Gasteiger partial charge is 0.369 e. The number of primary amides is 1. The van der Waals surface area contributed by atoms with Crippen LogP contribution in [0.3, 0.4) is 0 Å². The summed E-state index contributed by atoms with van der Waals surface area (Å²) in [6.07, 6.45) is 1.98. The van der Waals surface area contributed by atoms with Crippen molar-refractivity contribution in [1.29, 1.82) is 0 Å². The Morgan fingerprint density at radius 3 is 2.83 bits per heavy atom. The number of benzene rings is 1. The molecular weight excluding hydrogens is 382 g/mol. The van der Waals surface area contributed by atoms with E-state index in [2.05, 4.69) is 21.9 Å². The van der Waals surface area contributed by atoms with Crippen LogP contribution in [0.1, 0.15) is 29.4 Å². The Kier molecular flexibility index (Phi) is 4.76. The Hall–Kier alpha value is -3.70. The fourth-order valence-corrected chi connectivity index (χ4v) is 3.56. The van der Waals surface area contributed by atoms with Crippen LogP contribution in [0.25, 0.3) is 22.2 Å². The number of aliphatic hydroxyl groups is 1. The highest BCUT2D eigenvalue weighted by Gasteiger charge is 2.42. The zero-order valence-electron chi connectivity index (χ0n) is 16.7. The van der Waals surface area contributed by atoms with Gasteiger partial charge in [-0.1, -0.05) is 24.0 Å². The topological polar surface area (TPSA) is 114 Å². The number of amides is 2. The van der Waals surface area contributed by atoms with Crippen molar-refractivity contribution in [3.8, 4) is 23.1 Å². The normalized spacial score (nSPS) is 18.5. The SMILES string of the molecule is CCn1ncc2c(-c3cccc(C#CC4(O)CCN(C)C4=O)c3)nc(C(N)=O)cc21. The van der Waals surface area contributed by atoms with Crippen molar-refractivity contribution < 1.29 is 14.7 Å². The zero-order chi connectivity index (χ0) is 21.5. The highest BCUT2D eigenvalue weighted by atomic mass is 16.3. The lowest BCUT2D eigenvalue weighted by molar-refractivity contribution is -0.137. The number of likely N-dealkylation sites (N-methyl/N-ethyl adjacent to an activating group) is 1. The molecule has 2 amide bonds. The van der Waals surface area contributed by atoms with Gasteiger partial charge in [0.05, 0.1) is 17.4 Å². The molecule has 152 valence electrons. The third-order valence-corrected chi connectivity index (χ3v) is 5.25. The molecule has 0 bridgehead atoms. The number of carbonyl (C=O) groups excluding carboxylic acids is 2. The molecule has 0 spiro atoms. The summed E-state index contributed by atoms with van der Waals surface area (Å²) in [5, 5.41) is 15.7. The lowest BCUT2D eigenvalue weighted by Crippen LogP contribution is -2.37. The van der Waals surface area contributed by atoms with Gasteiger partial charge in [-0.25, -0.2) is 4.98 Å². The molecule has 8 heteroatoms. The number of aromatic nitrogens is 3. The highest BCUT2D eigenvalue weighted by Crippen LogP contribution is 2.28. The fourth-order valence-electron chi connectivity index (χ4n) is 3.56. The molecule has 0 saturated carbocycles. The van der Waals surface area contributed by atoms with Crippen molar-refractivity contribution in [3.05, 3.63) is 47.8 Å². The van der Waals surface area contributed by atoms with E-state index in [4.69, 9.17) is 5.73 Å². The van der Waals surface area contributed by atoms with E-state index in [0.717, 1.165) is 16.5 Å². The number of likely N-dealkylation sites (tertiary alicyclic amines) is 1. The number of nitrogens with two attached hydrogens (primary N) is 1. The van der Waals surface area contributed by atoms with E-state index >= 15 is 0 Å². The lowest BCUT2D eigenvalue weighted by Gasteiger charge is -2.13. The second-order valence-corrected chi connectivity index (χ2v) is 7.28. The molecule has 1 aliphatic heterocycles. The molecule has 1 unspecified atom stereocenters. The van der Waals surface area contributed by atoms with E-state index in [9.17, 15) is 14.7 Å². The Bertz CT molecular complexity index is 1240. The van der Waals surface area contributed by atoms with E-state index in [-0.39, 0.29) is 12.1 Å². The average molecular weight is 403 g/mol.